The molecule has 0 spiro atoms. The van der Waals surface area contributed by atoms with Gasteiger partial charge in [-0.25, -0.2) is 4.98 Å². The van der Waals surface area contributed by atoms with E-state index in [-0.39, 0.29) is 5.88 Å². The Morgan fingerprint density at radius 2 is 2.14 bits per heavy atom. The van der Waals surface area contributed by atoms with Crippen molar-refractivity contribution in [1.29, 1.82) is 0 Å². The van der Waals surface area contributed by atoms with Gasteiger partial charge in [-0.3, -0.25) is 0 Å². The van der Waals surface area contributed by atoms with E-state index in [2.05, 4.69) is 9.17 Å². The zero-order chi connectivity index (χ0) is 10.6. The largest absolute Gasteiger partial charge is 0.378 e. The highest BCUT2D eigenvalue weighted by atomic mass is 32.2. The molecule has 0 radical (unpaired) electrons. The minimum atomic E-state index is -3.51. The fourth-order valence-electron chi connectivity index (χ4n) is 0.887. The number of hydrogen-bond acceptors (Lipinski definition) is 5. The molecule has 14 heavy (non-hydrogen) atoms. The van der Waals surface area contributed by atoms with E-state index >= 15 is 0 Å². The van der Waals surface area contributed by atoms with Gasteiger partial charge in [0.1, 0.15) is 0 Å². The van der Waals surface area contributed by atoms with Gasteiger partial charge in [0.05, 0.1) is 18.6 Å². The second-order valence-electron chi connectivity index (χ2n) is 2.69. The standard InChI is InChI=1S/C8H11NO4S/c1-12-6-7-4-3-5-8(9-7)13-14(2,10)11/h3-5H,6H2,1-2H3. The third kappa shape index (κ3) is 3.71. The first kappa shape index (κ1) is 10.9. The maximum absolute atomic E-state index is 10.8. The lowest BCUT2D eigenvalue weighted by Gasteiger charge is -2.03. The van der Waals surface area contributed by atoms with Gasteiger partial charge in [-0.05, 0) is 6.07 Å². The van der Waals surface area contributed by atoms with Crippen molar-refractivity contribution in [2.75, 3.05) is 13.4 Å². The van der Waals surface area contributed by atoms with Gasteiger partial charge in [-0.1, -0.05) is 6.07 Å². The number of nitrogens with zero attached hydrogens (tertiary/aromatic N) is 1. The molecule has 0 unspecified atom stereocenters. The summed E-state index contributed by atoms with van der Waals surface area (Å²) in [6.07, 6.45) is 0.970. The molecule has 1 heterocycles. The van der Waals surface area contributed by atoms with Crippen molar-refractivity contribution < 1.29 is 17.3 Å². The number of hydrogen-bond donors (Lipinski definition) is 0. The first-order valence-corrected chi connectivity index (χ1v) is 5.67. The zero-order valence-corrected chi connectivity index (χ0v) is 8.74. The minimum Gasteiger partial charge on any atom is -0.378 e. The molecule has 0 aliphatic rings. The van der Waals surface area contributed by atoms with Crippen molar-refractivity contribution in [3.05, 3.63) is 23.9 Å². The molecular weight excluding hydrogens is 206 g/mol. The Balaban J connectivity index is 2.83. The Bertz CT molecular complexity index is 402. The van der Waals surface area contributed by atoms with Gasteiger partial charge in [0, 0.05) is 13.2 Å². The smallest absolute Gasteiger partial charge is 0.307 e. The molecule has 1 aromatic rings. The lowest BCUT2D eigenvalue weighted by molar-refractivity contribution is 0.181. The molecule has 0 saturated carbocycles. The van der Waals surface area contributed by atoms with Crippen LogP contribution in [0, 0.1) is 0 Å². The predicted molar refractivity (Wildman–Crippen MR) is 50.4 cm³/mol. The van der Waals surface area contributed by atoms with E-state index < -0.39 is 10.1 Å². The average molecular weight is 217 g/mol. The number of rotatable bonds is 4. The van der Waals surface area contributed by atoms with Crippen LogP contribution in [0.25, 0.3) is 0 Å². The van der Waals surface area contributed by atoms with E-state index in [1.54, 1.807) is 12.1 Å². The summed E-state index contributed by atoms with van der Waals surface area (Å²) < 4.78 is 31.0. The lowest BCUT2D eigenvalue weighted by Crippen LogP contribution is -2.07. The molecule has 0 bridgehead atoms. The Labute approximate surface area is 82.8 Å². The molecule has 0 aliphatic carbocycles. The van der Waals surface area contributed by atoms with Crippen molar-refractivity contribution in [1.82, 2.24) is 4.98 Å². The normalized spacial score (nSPS) is 11.3. The molecule has 0 atom stereocenters. The predicted octanol–water partition coefficient (Wildman–Crippen LogP) is 0.566. The van der Waals surface area contributed by atoms with Gasteiger partial charge in [-0.15, -0.1) is 0 Å². The van der Waals surface area contributed by atoms with E-state index in [1.807, 2.05) is 0 Å². The summed E-state index contributed by atoms with van der Waals surface area (Å²) >= 11 is 0. The third-order valence-electron chi connectivity index (χ3n) is 1.31. The van der Waals surface area contributed by atoms with Crippen LogP contribution < -0.4 is 4.18 Å². The fraction of sp³-hybridized carbons (Fsp3) is 0.375. The number of aromatic nitrogens is 1. The van der Waals surface area contributed by atoms with Gasteiger partial charge in [0.2, 0.25) is 5.88 Å². The Morgan fingerprint density at radius 1 is 1.43 bits per heavy atom. The molecule has 78 valence electrons. The first-order valence-electron chi connectivity index (χ1n) is 3.85. The monoisotopic (exact) mass is 217 g/mol. The molecule has 6 heteroatoms. The molecule has 1 rings (SSSR count). The van der Waals surface area contributed by atoms with Gasteiger partial charge in [0.25, 0.3) is 0 Å². The van der Waals surface area contributed by atoms with Crippen LogP contribution in [-0.2, 0) is 21.5 Å². The lowest BCUT2D eigenvalue weighted by atomic mass is 10.4. The maximum atomic E-state index is 10.8. The maximum Gasteiger partial charge on any atom is 0.307 e. The van der Waals surface area contributed by atoms with E-state index in [0.717, 1.165) is 6.26 Å². The van der Waals surface area contributed by atoms with Gasteiger partial charge in [0.15, 0.2) is 0 Å². The summed E-state index contributed by atoms with van der Waals surface area (Å²) in [5.41, 5.74) is 0.619. The fourth-order valence-corrected chi connectivity index (χ4v) is 1.29. The summed E-state index contributed by atoms with van der Waals surface area (Å²) in [5.74, 6) is 0.0575. The van der Waals surface area contributed by atoms with Crippen molar-refractivity contribution >= 4 is 10.1 Å². The minimum absolute atomic E-state index is 0.0575. The van der Waals surface area contributed by atoms with Crippen molar-refractivity contribution in [2.24, 2.45) is 0 Å². The highest BCUT2D eigenvalue weighted by molar-refractivity contribution is 7.86. The highest BCUT2D eigenvalue weighted by Gasteiger charge is 2.05. The number of pyridine rings is 1. The van der Waals surface area contributed by atoms with Crippen molar-refractivity contribution in [3.8, 4) is 5.88 Å². The SMILES string of the molecule is COCc1cccc(OS(C)(=O)=O)n1. The number of methoxy groups -OCH3 is 1. The summed E-state index contributed by atoms with van der Waals surface area (Å²) in [6.45, 7) is 0.320. The van der Waals surface area contributed by atoms with E-state index in [4.69, 9.17) is 4.74 Å². The Morgan fingerprint density at radius 3 is 2.71 bits per heavy atom. The van der Waals surface area contributed by atoms with Gasteiger partial charge >= 0.3 is 10.1 Å². The van der Waals surface area contributed by atoms with Crippen LogP contribution in [0.2, 0.25) is 0 Å². The van der Waals surface area contributed by atoms with E-state index in [0.29, 0.717) is 12.3 Å². The highest BCUT2D eigenvalue weighted by Crippen LogP contribution is 2.09. The van der Waals surface area contributed by atoms with E-state index in [9.17, 15) is 8.42 Å². The van der Waals surface area contributed by atoms with Crippen LogP contribution in [0.4, 0.5) is 0 Å². The second kappa shape index (κ2) is 4.39. The zero-order valence-electron chi connectivity index (χ0n) is 7.93. The average Bonchev–Trinajstić information content (AvgIpc) is 2.02. The molecular formula is C8H11NO4S. The van der Waals surface area contributed by atoms with Crippen LogP contribution in [0.3, 0.4) is 0 Å². The molecule has 1 aromatic heterocycles. The van der Waals surface area contributed by atoms with Crippen LogP contribution >= 0.6 is 0 Å². The molecule has 0 amide bonds. The van der Waals surface area contributed by atoms with E-state index in [1.165, 1.54) is 13.2 Å². The van der Waals surface area contributed by atoms with Crippen molar-refractivity contribution in [2.45, 2.75) is 6.61 Å². The third-order valence-corrected chi connectivity index (χ3v) is 1.78. The summed E-state index contributed by atoms with van der Waals surface area (Å²) in [4.78, 5) is 3.92. The summed E-state index contributed by atoms with van der Waals surface area (Å²) in [6, 6.07) is 4.85. The first-order chi connectivity index (χ1) is 6.51. The topological polar surface area (TPSA) is 65.5 Å². The molecule has 0 aromatic carbocycles. The van der Waals surface area contributed by atoms with Crippen LogP contribution in [0.5, 0.6) is 5.88 Å². The van der Waals surface area contributed by atoms with Crippen molar-refractivity contribution in [3.63, 3.8) is 0 Å². The second-order valence-corrected chi connectivity index (χ2v) is 4.26. The Hall–Kier alpha value is -1.14. The molecule has 0 aliphatic heterocycles. The number of ether oxygens (including phenoxy) is 1. The van der Waals surface area contributed by atoms with Gasteiger partial charge < -0.3 is 8.92 Å². The summed E-state index contributed by atoms with van der Waals surface area (Å²) in [7, 11) is -1.98. The molecule has 0 fully saturated rings. The summed E-state index contributed by atoms with van der Waals surface area (Å²) in [5, 5.41) is 0. The van der Waals surface area contributed by atoms with Crippen LogP contribution in [-0.4, -0.2) is 26.8 Å². The molecule has 0 saturated heterocycles. The van der Waals surface area contributed by atoms with Crippen LogP contribution in [0.15, 0.2) is 18.2 Å². The quantitative estimate of drug-likeness (QED) is 0.690. The molecule has 0 N–H and O–H groups in total. The van der Waals surface area contributed by atoms with Crippen LogP contribution in [0.1, 0.15) is 5.69 Å². The Kier molecular flexibility index (Phi) is 3.43. The molecule has 5 nitrogen and oxygen atoms in total. The van der Waals surface area contributed by atoms with Gasteiger partial charge in [-0.2, -0.15) is 8.42 Å².